The average molecular weight is 153 g/mol. The van der Waals surface area contributed by atoms with Gasteiger partial charge < -0.3 is 5.73 Å². The first-order chi connectivity index (χ1) is 5.30. The Morgan fingerprint density at radius 2 is 1.73 bits per heavy atom. The molecule has 1 amide bonds. The molecule has 0 aliphatic heterocycles. The standard InChI is InChI=1S/C7H7NO.C2H6.H2/c8-7(9)6-4-2-1-3-5-6;1-2;/h1-5H,(H2,8,9);1-2H3;1H. The fourth-order valence-electron chi connectivity index (χ4n) is 0.602. The lowest BCUT2D eigenvalue weighted by molar-refractivity contribution is 0.100. The fourth-order valence-corrected chi connectivity index (χ4v) is 0.602. The monoisotopic (exact) mass is 153 g/mol. The fraction of sp³-hybridized carbons (Fsp3) is 0.222. The highest BCUT2D eigenvalue weighted by Crippen LogP contribution is 1.94. The van der Waals surface area contributed by atoms with Gasteiger partial charge in [-0.3, -0.25) is 4.79 Å². The van der Waals surface area contributed by atoms with E-state index in [2.05, 4.69) is 0 Å². The van der Waals surface area contributed by atoms with E-state index >= 15 is 0 Å². The Bertz CT molecular complexity index is 211. The van der Waals surface area contributed by atoms with E-state index < -0.39 is 0 Å². The van der Waals surface area contributed by atoms with E-state index in [0.29, 0.717) is 5.56 Å². The number of amides is 1. The normalized spacial score (nSPS) is 7.82. The SMILES string of the molecule is CC.NC(=O)c1ccccc1.[HH]. The van der Waals surface area contributed by atoms with E-state index in [-0.39, 0.29) is 7.33 Å². The Labute approximate surface area is 68.5 Å². The second-order valence-electron chi connectivity index (χ2n) is 1.73. The minimum atomic E-state index is -0.379. The molecule has 0 spiro atoms. The molecule has 0 fully saturated rings. The van der Waals surface area contributed by atoms with Crippen LogP contribution in [0.25, 0.3) is 0 Å². The van der Waals surface area contributed by atoms with E-state index in [9.17, 15) is 4.79 Å². The van der Waals surface area contributed by atoms with Gasteiger partial charge in [-0.15, -0.1) is 0 Å². The zero-order chi connectivity index (χ0) is 8.69. The van der Waals surface area contributed by atoms with Crippen molar-refractivity contribution in [2.75, 3.05) is 0 Å². The van der Waals surface area contributed by atoms with E-state index in [1.54, 1.807) is 24.3 Å². The summed E-state index contributed by atoms with van der Waals surface area (Å²) in [5, 5.41) is 0. The smallest absolute Gasteiger partial charge is 0.248 e. The van der Waals surface area contributed by atoms with Crippen LogP contribution in [0.15, 0.2) is 30.3 Å². The third-order valence-electron chi connectivity index (χ3n) is 1.06. The number of primary amides is 1. The maximum Gasteiger partial charge on any atom is 0.248 e. The summed E-state index contributed by atoms with van der Waals surface area (Å²) in [6.07, 6.45) is 0. The summed E-state index contributed by atoms with van der Waals surface area (Å²) < 4.78 is 0. The molecule has 11 heavy (non-hydrogen) atoms. The van der Waals surface area contributed by atoms with Crippen LogP contribution in [0.3, 0.4) is 0 Å². The van der Waals surface area contributed by atoms with Gasteiger partial charge in [-0.2, -0.15) is 0 Å². The first-order valence-corrected chi connectivity index (χ1v) is 3.65. The summed E-state index contributed by atoms with van der Waals surface area (Å²) >= 11 is 0. The molecule has 2 N–H and O–H groups in total. The Morgan fingerprint density at radius 3 is 2.00 bits per heavy atom. The molecule has 0 saturated heterocycles. The van der Waals surface area contributed by atoms with Gasteiger partial charge in [-0.1, -0.05) is 32.0 Å². The zero-order valence-corrected chi connectivity index (χ0v) is 6.87. The van der Waals surface area contributed by atoms with Crippen LogP contribution in [0, 0.1) is 0 Å². The molecular formula is C9H15NO. The highest BCUT2D eigenvalue weighted by Gasteiger charge is 1.93. The summed E-state index contributed by atoms with van der Waals surface area (Å²) in [5.41, 5.74) is 5.53. The first-order valence-electron chi connectivity index (χ1n) is 3.65. The summed E-state index contributed by atoms with van der Waals surface area (Å²) in [6, 6.07) is 8.76. The lowest BCUT2D eigenvalue weighted by Gasteiger charge is -1.89. The third kappa shape index (κ3) is 3.40. The van der Waals surface area contributed by atoms with E-state index in [1.807, 2.05) is 19.9 Å². The minimum absolute atomic E-state index is 0. The molecule has 0 aliphatic carbocycles. The Balaban J connectivity index is 0. The van der Waals surface area contributed by atoms with Gasteiger partial charge in [0.25, 0.3) is 0 Å². The second-order valence-corrected chi connectivity index (χ2v) is 1.73. The van der Waals surface area contributed by atoms with Crippen LogP contribution in [-0.4, -0.2) is 5.91 Å². The molecule has 2 nitrogen and oxygen atoms in total. The van der Waals surface area contributed by atoms with Crippen molar-refractivity contribution < 1.29 is 6.22 Å². The van der Waals surface area contributed by atoms with Crippen LogP contribution in [0.5, 0.6) is 0 Å². The summed E-state index contributed by atoms with van der Waals surface area (Å²) in [4.78, 5) is 10.4. The van der Waals surface area contributed by atoms with E-state index in [0.717, 1.165) is 0 Å². The van der Waals surface area contributed by atoms with Crippen LogP contribution in [0.2, 0.25) is 0 Å². The first kappa shape index (κ1) is 9.69. The quantitative estimate of drug-likeness (QED) is 0.659. The highest BCUT2D eigenvalue weighted by molar-refractivity contribution is 5.92. The molecule has 0 saturated carbocycles. The summed E-state index contributed by atoms with van der Waals surface area (Å²) in [6.45, 7) is 4.00. The zero-order valence-electron chi connectivity index (χ0n) is 6.87. The topological polar surface area (TPSA) is 43.1 Å². The van der Waals surface area contributed by atoms with Gasteiger partial charge >= 0.3 is 0 Å². The number of hydrogen-bond acceptors (Lipinski definition) is 1. The molecule has 0 radical (unpaired) electrons. The Morgan fingerprint density at radius 1 is 1.27 bits per heavy atom. The van der Waals surface area contributed by atoms with Crippen molar-refractivity contribution in [3.8, 4) is 0 Å². The number of nitrogens with two attached hydrogens (primary N) is 1. The molecule has 0 heterocycles. The number of rotatable bonds is 1. The molecule has 2 heteroatoms. The van der Waals surface area contributed by atoms with Gasteiger partial charge in [0.15, 0.2) is 0 Å². The van der Waals surface area contributed by atoms with Gasteiger partial charge in [0, 0.05) is 6.99 Å². The summed E-state index contributed by atoms with van der Waals surface area (Å²) in [7, 11) is 0. The molecule has 0 unspecified atom stereocenters. The van der Waals surface area contributed by atoms with Crippen molar-refractivity contribution in [2.45, 2.75) is 13.8 Å². The maximum absolute atomic E-state index is 10.4. The number of carbonyl (C=O) groups is 1. The number of benzene rings is 1. The molecule has 0 bridgehead atoms. The largest absolute Gasteiger partial charge is 0.366 e. The van der Waals surface area contributed by atoms with Crippen LogP contribution >= 0.6 is 0 Å². The summed E-state index contributed by atoms with van der Waals surface area (Å²) in [5.74, 6) is -0.379. The van der Waals surface area contributed by atoms with Crippen LogP contribution in [-0.2, 0) is 0 Å². The lowest BCUT2D eigenvalue weighted by atomic mass is 10.2. The van der Waals surface area contributed by atoms with Gasteiger partial charge in [0.2, 0.25) is 5.91 Å². The second kappa shape index (κ2) is 5.47. The molecule has 0 aromatic heterocycles. The van der Waals surface area contributed by atoms with Crippen molar-refractivity contribution in [3.63, 3.8) is 0 Å². The van der Waals surface area contributed by atoms with Crippen LogP contribution in [0.1, 0.15) is 25.6 Å². The lowest BCUT2D eigenvalue weighted by Crippen LogP contribution is -2.09. The third-order valence-corrected chi connectivity index (χ3v) is 1.06. The van der Waals surface area contributed by atoms with Gasteiger partial charge in [-0.25, -0.2) is 0 Å². The maximum atomic E-state index is 10.4. The van der Waals surface area contributed by atoms with E-state index in [1.165, 1.54) is 0 Å². The molecule has 0 aliphatic rings. The molecule has 1 rings (SSSR count). The number of hydrogen-bond donors (Lipinski definition) is 1. The predicted octanol–water partition coefficient (Wildman–Crippen LogP) is 2.06. The Kier molecular flexibility index (Phi) is 4.82. The van der Waals surface area contributed by atoms with Crippen molar-refractivity contribution >= 4 is 5.91 Å². The van der Waals surface area contributed by atoms with Crippen molar-refractivity contribution in [2.24, 2.45) is 5.73 Å². The molecular weight excluding hydrogens is 138 g/mol. The number of carbonyl (C=O) groups excluding carboxylic acids is 1. The highest BCUT2D eigenvalue weighted by atomic mass is 16.1. The van der Waals surface area contributed by atoms with E-state index in [4.69, 9.17) is 5.73 Å². The van der Waals surface area contributed by atoms with Crippen molar-refractivity contribution in [3.05, 3.63) is 35.9 Å². The van der Waals surface area contributed by atoms with Crippen molar-refractivity contribution in [1.29, 1.82) is 0 Å². The van der Waals surface area contributed by atoms with Gasteiger partial charge in [0.05, 0.1) is 0 Å². The minimum Gasteiger partial charge on any atom is -0.366 e. The van der Waals surface area contributed by atoms with Crippen LogP contribution in [0.4, 0.5) is 0 Å². The molecule has 1 aromatic carbocycles. The Hall–Kier alpha value is -1.31. The van der Waals surface area contributed by atoms with Crippen LogP contribution < -0.4 is 5.73 Å². The molecule has 62 valence electrons. The van der Waals surface area contributed by atoms with Crippen molar-refractivity contribution in [1.82, 2.24) is 0 Å². The molecule has 1 aromatic rings. The van der Waals surface area contributed by atoms with Gasteiger partial charge in [0.1, 0.15) is 0 Å². The predicted molar refractivity (Wildman–Crippen MR) is 48.4 cm³/mol. The molecule has 0 atom stereocenters. The average Bonchev–Trinajstić information content (AvgIpc) is 2.10. The van der Waals surface area contributed by atoms with Gasteiger partial charge in [-0.05, 0) is 12.1 Å².